The van der Waals surface area contributed by atoms with Crippen LogP contribution in [-0.2, 0) is 5.41 Å². The van der Waals surface area contributed by atoms with Crippen molar-refractivity contribution in [2.75, 3.05) is 0 Å². The van der Waals surface area contributed by atoms with Crippen molar-refractivity contribution in [1.82, 2.24) is 10.1 Å². The molecule has 1 heterocycles. The van der Waals surface area contributed by atoms with Crippen molar-refractivity contribution in [3.63, 3.8) is 0 Å². The van der Waals surface area contributed by atoms with Gasteiger partial charge in [-0.1, -0.05) is 63.6 Å². The number of carbonyl (C=O) groups is 1. The molecule has 2 aromatic rings. The molecule has 1 aromatic heterocycles. The van der Waals surface area contributed by atoms with E-state index in [0.29, 0.717) is 24.3 Å². The second-order valence-electron chi connectivity index (χ2n) is 11.1. The summed E-state index contributed by atoms with van der Waals surface area (Å²) >= 11 is 0. The van der Waals surface area contributed by atoms with E-state index in [-0.39, 0.29) is 35.5 Å². The van der Waals surface area contributed by atoms with Gasteiger partial charge in [0, 0.05) is 11.1 Å². The fraction of sp³-hybridized carbons (Fsp3) is 0.607. The van der Waals surface area contributed by atoms with E-state index in [1.54, 1.807) is 6.92 Å². The second-order valence-corrected chi connectivity index (χ2v) is 11.1. The number of carboxylic acids is 1. The van der Waals surface area contributed by atoms with E-state index in [2.05, 4.69) is 17.1 Å². The highest BCUT2D eigenvalue weighted by atomic mass is 19.4. The van der Waals surface area contributed by atoms with Crippen LogP contribution in [0.25, 0.3) is 11.4 Å². The lowest BCUT2D eigenvalue weighted by Crippen LogP contribution is -2.38. The minimum atomic E-state index is -4.46. The number of allylic oxidation sites excluding steroid dienone is 2. The predicted octanol–water partition coefficient (Wildman–Crippen LogP) is 8.12. The van der Waals surface area contributed by atoms with Gasteiger partial charge in [0.1, 0.15) is 5.82 Å². The molecule has 37 heavy (non-hydrogen) atoms. The molecule has 1 fully saturated rings. The minimum Gasteiger partial charge on any atom is -0.478 e. The molecule has 202 valence electrons. The first-order valence-electron chi connectivity index (χ1n) is 13.1. The maximum atomic E-state index is 14.4. The molecule has 4 atom stereocenters. The van der Waals surface area contributed by atoms with E-state index in [1.807, 2.05) is 6.92 Å². The van der Waals surface area contributed by atoms with Crippen LogP contribution in [0.15, 0.2) is 33.9 Å². The lowest BCUT2D eigenvalue weighted by Gasteiger charge is -2.41. The van der Waals surface area contributed by atoms with Crippen molar-refractivity contribution in [3.8, 4) is 11.4 Å². The van der Waals surface area contributed by atoms with Crippen molar-refractivity contribution in [2.45, 2.75) is 90.1 Å². The topological polar surface area (TPSA) is 76.2 Å². The van der Waals surface area contributed by atoms with E-state index in [4.69, 9.17) is 4.52 Å². The summed E-state index contributed by atoms with van der Waals surface area (Å²) in [6.45, 7) is 5.80. The molecule has 0 radical (unpaired) electrons. The van der Waals surface area contributed by atoms with Crippen LogP contribution in [0.2, 0.25) is 0 Å². The van der Waals surface area contributed by atoms with E-state index in [0.717, 1.165) is 44.2 Å². The van der Waals surface area contributed by atoms with E-state index < -0.39 is 34.5 Å². The zero-order valence-corrected chi connectivity index (χ0v) is 21.5. The van der Waals surface area contributed by atoms with Gasteiger partial charge >= 0.3 is 12.1 Å². The Kier molecular flexibility index (Phi) is 7.81. The monoisotopic (exact) mass is 522 g/mol. The molecule has 1 N–H and O–H groups in total. The van der Waals surface area contributed by atoms with Crippen LogP contribution in [-0.4, -0.2) is 27.4 Å². The summed E-state index contributed by atoms with van der Waals surface area (Å²) in [5.41, 5.74) is -1.37. The molecule has 0 spiro atoms. The molecule has 0 bridgehead atoms. The third kappa shape index (κ3) is 5.75. The number of aromatic nitrogens is 2. The number of alkyl halides is 3. The molecule has 4 rings (SSSR count). The molecule has 2 aliphatic carbocycles. The van der Waals surface area contributed by atoms with Crippen molar-refractivity contribution >= 4 is 5.97 Å². The minimum absolute atomic E-state index is 0.0117. The van der Waals surface area contributed by atoms with Crippen molar-refractivity contribution in [3.05, 3.63) is 46.6 Å². The van der Waals surface area contributed by atoms with E-state index in [1.165, 1.54) is 12.5 Å². The lowest BCUT2D eigenvalue weighted by molar-refractivity contribution is -0.100. The molecule has 2 aliphatic rings. The number of rotatable bonds is 5. The number of hydrogen-bond acceptors (Lipinski definition) is 4. The Morgan fingerprint density at radius 3 is 2.54 bits per heavy atom. The van der Waals surface area contributed by atoms with Gasteiger partial charge in [-0.15, -0.1) is 0 Å². The summed E-state index contributed by atoms with van der Waals surface area (Å²) < 4.78 is 62.4. The maximum Gasteiger partial charge on any atom is 0.412 e. The quantitative estimate of drug-likeness (QED) is 0.317. The second kappa shape index (κ2) is 10.6. The predicted molar refractivity (Wildman–Crippen MR) is 130 cm³/mol. The first kappa shape index (κ1) is 27.3. The third-order valence-electron chi connectivity index (χ3n) is 8.62. The van der Waals surface area contributed by atoms with Crippen LogP contribution in [0.5, 0.6) is 0 Å². The highest BCUT2D eigenvalue weighted by molar-refractivity contribution is 5.89. The Labute approximate surface area is 214 Å². The van der Waals surface area contributed by atoms with Gasteiger partial charge in [0.2, 0.25) is 11.7 Å². The summed E-state index contributed by atoms with van der Waals surface area (Å²) in [4.78, 5) is 15.7. The molecule has 0 amide bonds. The molecule has 1 saturated carbocycles. The van der Waals surface area contributed by atoms with Crippen LogP contribution in [0.1, 0.15) is 94.8 Å². The summed E-state index contributed by atoms with van der Waals surface area (Å²) in [6, 6.07) is 3.40. The number of carboxylic acid groups (broad SMARTS) is 1. The zero-order valence-electron chi connectivity index (χ0n) is 21.5. The SMILES string of the molecule is CC1CCCCCCC1CC1=C(C(F)(F)F)CC(C)(c2nc(-c3ccc(F)c(C(=O)O)c3)no2)C(C)C1. The van der Waals surface area contributed by atoms with Crippen LogP contribution in [0.3, 0.4) is 0 Å². The normalized spacial score (nSPS) is 27.6. The molecule has 9 heteroatoms. The Morgan fingerprint density at radius 2 is 1.86 bits per heavy atom. The van der Waals surface area contributed by atoms with Gasteiger partial charge in [0.25, 0.3) is 0 Å². The summed E-state index contributed by atoms with van der Waals surface area (Å²) in [6.07, 6.45) is 2.61. The van der Waals surface area contributed by atoms with Crippen molar-refractivity contribution < 1.29 is 32.0 Å². The number of halogens is 4. The number of aromatic carboxylic acids is 1. The number of benzene rings is 1. The lowest BCUT2D eigenvalue weighted by atomic mass is 9.64. The van der Waals surface area contributed by atoms with Crippen LogP contribution >= 0.6 is 0 Å². The Balaban J connectivity index is 1.65. The highest BCUT2D eigenvalue weighted by Crippen LogP contribution is 2.51. The highest BCUT2D eigenvalue weighted by Gasteiger charge is 2.50. The Morgan fingerprint density at radius 1 is 1.16 bits per heavy atom. The number of hydrogen-bond donors (Lipinski definition) is 1. The van der Waals surface area contributed by atoms with Crippen molar-refractivity contribution in [2.24, 2.45) is 17.8 Å². The summed E-state index contributed by atoms with van der Waals surface area (Å²) in [5.74, 6) is -1.81. The van der Waals surface area contributed by atoms with Gasteiger partial charge in [-0.2, -0.15) is 18.2 Å². The van der Waals surface area contributed by atoms with Gasteiger partial charge in [0.05, 0.1) is 11.0 Å². The Hall–Kier alpha value is -2.71. The van der Waals surface area contributed by atoms with Crippen LogP contribution in [0, 0.1) is 23.6 Å². The largest absolute Gasteiger partial charge is 0.478 e. The average molecular weight is 523 g/mol. The third-order valence-corrected chi connectivity index (χ3v) is 8.62. The van der Waals surface area contributed by atoms with Crippen LogP contribution < -0.4 is 0 Å². The molecular weight excluding hydrogens is 488 g/mol. The fourth-order valence-electron chi connectivity index (χ4n) is 5.95. The van der Waals surface area contributed by atoms with Gasteiger partial charge in [-0.25, -0.2) is 9.18 Å². The van der Waals surface area contributed by atoms with E-state index >= 15 is 0 Å². The molecule has 0 aliphatic heterocycles. The first-order valence-corrected chi connectivity index (χ1v) is 13.1. The number of nitrogens with zero attached hydrogens (tertiary/aromatic N) is 2. The van der Waals surface area contributed by atoms with E-state index in [9.17, 15) is 27.5 Å². The standard InChI is InChI=1S/C28H34F4N2O3/c1-16-8-6-4-5-7-9-18(16)13-20-12-17(2)27(3,15-22(20)28(30,31)32)26-33-24(34-37-26)19-10-11-23(29)21(14-19)25(35)36/h10-11,14,16-18H,4-9,12-13,15H2,1-3H3,(H,35,36). The van der Waals surface area contributed by atoms with Gasteiger partial charge in [0.15, 0.2) is 0 Å². The molecule has 1 aromatic carbocycles. The van der Waals surface area contributed by atoms with Crippen molar-refractivity contribution in [1.29, 1.82) is 0 Å². The van der Waals surface area contributed by atoms with Gasteiger partial charge in [-0.05, 0) is 61.6 Å². The zero-order chi connectivity index (χ0) is 27.0. The molecular formula is C28H34F4N2O3. The molecule has 0 saturated heterocycles. The molecule has 5 nitrogen and oxygen atoms in total. The van der Waals surface area contributed by atoms with Gasteiger partial charge in [-0.3, -0.25) is 0 Å². The fourth-order valence-corrected chi connectivity index (χ4v) is 5.95. The first-order chi connectivity index (χ1) is 17.4. The molecule has 4 unspecified atom stereocenters. The Bertz CT molecular complexity index is 1170. The smallest absolute Gasteiger partial charge is 0.412 e. The summed E-state index contributed by atoms with van der Waals surface area (Å²) in [7, 11) is 0. The van der Waals surface area contributed by atoms with Gasteiger partial charge < -0.3 is 9.63 Å². The maximum absolute atomic E-state index is 14.4. The average Bonchev–Trinajstić information content (AvgIpc) is 3.31. The summed E-state index contributed by atoms with van der Waals surface area (Å²) in [5, 5.41) is 13.1. The van der Waals surface area contributed by atoms with Crippen LogP contribution in [0.4, 0.5) is 17.6 Å².